The Morgan fingerprint density at radius 3 is 2.00 bits per heavy atom. The fraction of sp³-hybridized carbons (Fsp3) is 1.00. The molecule has 0 aromatic heterocycles. The van der Waals surface area contributed by atoms with Gasteiger partial charge in [-0.25, -0.2) is 0 Å². The zero-order valence-corrected chi connectivity index (χ0v) is 8.91. The van der Waals surface area contributed by atoms with Crippen molar-refractivity contribution in [3.05, 3.63) is 0 Å². The van der Waals surface area contributed by atoms with E-state index in [0.717, 1.165) is 5.92 Å². The molecule has 1 heteroatoms. The third kappa shape index (κ3) is 2.52. The zero-order chi connectivity index (χ0) is 7.49. The Morgan fingerprint density at radius 2 is 1.89 bits per heavy atom. The van der Waals surface area contributed by atoms with Crippen molar-refractivity contribution in [3.63, 3.8) is 0 Å². The van der Waals surface area contributed by atoms with Gasteiger partial charge in [0.1, 0.15) is 0 Å². The Hall–Kier alpha value is 0.217. The molecule has 1 atom stereocenters. The third-order valence-corrected chi connectivity index (χ3v) is 5.38. The minimum Gasteiger partial charge on any atom is -0.0744 e. The van der Waals surface area contributed by atoms with Crippen molar-refractivity contribution < 1.29 is 0 Å². The monoisotopic (exact) mass is 144 g/mol. The van der Waals surface area contributed by atoms with Crippen LogP contribution in [0.25, 0.3) is 0 Å². The minimum atomic E-state index is 0.183. The Labute approximate surface area is 61.9 Å². The predicted molar refractivity (Wildman–Crippen MR) is 47.9 cm³/mol. The Kier molecular flexibility index (Phi) is 3.48. The lowest BCUT2D eigenvalue weighted by molar-refractivity contribution is 0.424. The van der Waals surface area contributed by atoms with Gasteiger partial charge in [-0.2, -0.15) is 0 Å². The van der Waals surface area contributed by atoms with E-state index in [4.69, 9.17) is 0 Å². The van der Waals surface area contributed by atoms with E-state index >= 15 is 0 Å². The highest BCUT2D eigenvalue weighted by atomic mass is 28.2. The van der Waals surface area contributed by atoms with Crippen LogP contribution in [0.1, 0.15) is 34.1 Å². The summed E-state index contributed by atoms with van der Waals surface area (Å²) in [5.41, 5.74) is 0. The van der Waals surface area contributed by atoms with Gasteiger partial charge >= 0.3 is 0 Å². The molecule has 0 saturated carbocycles. The maximum atomic E-state index is 2.41. The van der Waals surface area contributed by atoms with Crippen molar-refractivity contribution in [2.24, 2.45) is 5.92 Å². The van der Waals surface area contributed by atoms with Gasteiger partial charge in [-0.3, -0.25) is 0 Å². The van der Waals surface area contributed by atoms with Gasteiger partial charge in [0, 0.05) is 9.52 Å². The molecule has 0 aliphatic rings. The zero-order valence-electron chi connectivity index (χ0n) is 7.49. The fourth-order valence-electron chi connectivity index (χ4n) is 0.901. The van der Waals surface area contributed by atoms with Crippen LogP contribution in [0, 0.1) is 5.92 Å². The molecular formula is C8H20Si. The second-order valence-corrected chi connectivity index (χ2v) is 6.18. The average Bonchev–Trinajstić information content (AvgIpc) is 1.86. The highest BCUT2D eigenvalue weighted by molar-refractivity contribution is 6.37. The van der Waals surface area contributed by atoms with Crippen molar-refractivity contribution in [1.29, 1.82) is 0 Å². The molecule has 0 aliphatic heterocycles. The van der Waals surface area contributed by atoms with E-state index in [0.29, 0.717) is 5.04 Å². The van der Waals surface area contributed by atoms with E-state index in [1.807, 2.05) is 0 Å². The molecular weight excluding hydrogens is 124 g/mol. The number of hydrogen-bond donors (Lipinski definition) is 0. The van der Waals surface area contributed by atoms with Crippen LogP contribution in [0.5, 0.6) is 0 Å². The third-order valence-electron chi connectivity index (χ3n) is 2.86. The van der Waals surface area contributed by atoms with E-state index in [1.165, 1.54) is 6.42 Å². The summed E-state index contributed by atoms with van der Waals surface area (Å²) in [6, 6.07) is 0. The van der Waals surface area contributed by atoms with Crippen LogP contribution < -0.4 is 0 Å². The molecule has 0 rings (SSSR count). The van der Waals surface area contributed by atoms with Crippen LogP contribution in [0.2, 0.25) is 11.6 Å². The first-order valence-electron chi connectivity index (χ1n) is 4.04. The van der Waals surface area contributed by atoms with Crippen LogP contribution in [0.4, 0.5) is 0 Å². The summed E-state index contributed by atoms with van der Waals surface area (Å²) in [5, 5.41) is 0.689. The number of hydrogen-bond acceptors (Lipinski definition) is 0. The summed E-state index contributed by atoms with van der Waals surface area (Å²) in [6.07, 6.45) is 1.34. The van der Waals surface area contributed by atoms with Gasteiger partial charge in [-0.05, 0) is 11.0 Å². The van der Waals surface area contributed by atoms with Gasteiger partial charge in [0.25, 0.3) is 0 Å². The summed E-state index contributed by atoms with van der Waals surface area (Å²) in [4.78, 5) is 0. The van der Waals surface area contributed by atoms with Gasteiger partial charge < -0.3 is 0 Å². The van der Waals surface area contributed by atoms with Crippen LogP contribution in [0.3, 0.4) is 0 Å². The largest absolute Gasteiger partial charge is 0.0744 e. The van der Waals surface area contributed by atoms with Gasteiger partial charge in [0.05, 0.1) is 0 Å². The Bertz CT molecular complexity index is 76.6. The molecule has 0 saturated heterocycles. The first-order valence-corrected chi connectivity index (χ1v) is 6.16. The van der Waals surface area contributed by atoms with E-state index in [-0.39, 0.29) is 9.52 Å². The van der Waals surface area contributed by atoms with E-state index < -0.39 is 0 Å². The van der Waals surface area contributed by atoms with Crippen molar-refractivity contribution in [3.8, 4) is 0 Å². The standard InChI is InChI=1S/C8H20Si/c1-6-7(2)8(3,4)9-5/h7H,6,9H2,1-5H3. The molecule has 0 aromatic carbocycles. The molecule has 9 heavy (non-hydrogen) atoms. The minimum absolute atomic E-state index is 0.183. The molecule has 0 N–H and O–H groups in total. The summed E-state index contributed by atoms with van der Waals surface area (Å²) in [6.45, 7) is 11.9. The Balaban J connectivity index is 3.80. The van der Waals surface area contributed by atoms with E-state index in [1.54, 1.807) is 0 Å². The van der Waals surface area contributed by atoms with Gasteiger partial charge in [-0.15, -0.1) is 0 Å². The van der Waals surface area contributed by atoms with Crippen molar-refractivity contribution in [2.45, 2.75) is 45.7 Å². The molecule has 0 fully saturated rings. The fourth-order valence-corrected chi connectivity index (χ4v) is 1.89. The maximum absolute atomic E-state index is 2.41. The molecule has 0 radical (unpaired) electrons. The predicted octanol–water partition coefficient (Wildman–Crippen LogP) is 2.45. The molecule has 0 amide bonds. The molecule has 0 heterocycles. The smallest absolute Gasteiger partial charge is 0.0236 e. The van der Waals surface area contributed by atoms with E-state index in [2.05, 4.69) is 34.2 Å². The van der Waals surface area contributed by atoms with Crippen molar-refractivity contribution in [2.75, 3.05) is 0 Å². The first kappa shape index (κ1) is 9.22. The van der Waals surface area contributed by atoms with Gasteiger partial charge in [0.2, 0.25) is 0 Å². The van der Waals surface area contributed by atoms with Crippen LogP contribution in [0.15, 0.2) is 0 Å². The Morgan fingerprint density at radius 1 is 1.44 bits per heavy atom. The second-order valence-electron chi connectivity index (χ2n) is 3.65. The maximum Gasteiger partial charge on any atom is 0.0236 e. The summed E-state index contributed by atoms with van der Waals surface area (Å²) < 4.78 is 0. The van der Waals surface area contributed by atoms with Crippen molar-refractivity contribution >= 4 is 9.52 Å². The molecule has 0 nitrogen and oxygen atoms in total. The van der Waals surface area contributed by atoms with E-state index in [9.17, 15) is 0 Å². The quantitative estimate of drug-likeness (QED) is 0.534. The van der Waals surface area contributed by atoms with Crippen LogP contribution in [-0.4, -0.2) is 9.52 Å². The van der Waals surface area contributed by atoms with Crippen LogP contribution >= 0.6 is 0 Å². The van der Waals surface area contributed by atoms with Crippen molar-refractivity contribution in [1.82, 2.24) is 0 Å². The molecule has 0 bridgehead atoms. The SMILES string of the molecule is CCC(C)C(C)(C)[SiH2]C. The molecule has 1 unspecified atom stereocenters. The molecule has 56 valence electrons. The summed E-state index contributed by atoms with van der Waals surface area (Å²) >= 11 is 0. The lowest BCUT2D eigenvalue weighted by atomic mass is 9.94. The van der Waals surface area contributed by atoms with Crippen LogP contribution in [-0.2, 0) is 0 Å². The summed E-state index contributed by atoms with van der Waals surface area (Å²) in [7, 11) is 0.183. The first-order chi connectivity index (χ1) is 4.04. The molecule has 0 aliphatic carbocycles. The van der Waals surface area contributed by atoms with Gasteiger partial charge in [0.15, 0.2) is 0 Å². The molecule has 0 aromatic rings. The topological polar surface area (TPSA) is 0 Å². The number of rotatable bonds is 3. The average molecular weight is 144 g/mol. The lowest BCUT2D eigenvalue weighted by Gasteiger charge is -2.29. The van der Waals surface area contributed by atoms with Gasteiger partial charge in [-0.1, -0.05) is 40.7 Å². The molecule has 0 spiro atoms. The lowest BCUT2D eigenvalue weighted by Crippen LogP contribution is -2.18. The highest BCUT2D eigenvalue weighted by Crippen LogP contribution is 2.34. The second kappa shape index (κ2) is 3.40. The summed E-state index contributed by atoms with van der Waals surface area (Å²) in [5.74, 6) is 0.925. The highest BCUT2D eigenvalue weighted by Gasteiger charge is 2.21. The normalized spacial score (nSPS) is 17.0.